The second-order valence-electron chi connectivity index (χ2n) is 4.19. The summed E-state index contributed by atoms with van der Waals surface area (Å²) in [5, 5.41) is 11.3. The monoisotopic (exact) mass is 318 g/mol. The third-order valence-corrected chi connectivity index (χ3v) is 3.72. The number of aryl methyl sites for hydroxylation is 1. The molecule has 0 bridgehead atoms. The van der Waals surface area contributed by atoms with Gasteiger partial charge in [-0.2, -0.15) is 0 Å². The number of benzene rings is 2. The van der Waals surface area contributed by atoms with Gasteiger partial charge < -0.3 is 5.11 Å². The maximum absolute atomic E-state index is 13.3. The average Bonchev–Trinajstić information content (AvgIpc) is 2.33. The lowest BCUT2D eigenvalue weighted by Crippen LogP contribution is -2.03. The Kier molecular flexibility index (Phi) is 4.36. The second kappa shape index (κ2) is 5.68. The highest BCUT2D eigenvalue weighted by molar-refractivity contribution is 6.35. The lowest BCUT2D eigenvalue weighted by Gasteiger charge is -2.16. The lowest BCUT2D eigenvalue weighted by atomic mass is 9.99. The van der Waals surface area contributed by atoms with Crippen LogP contribution in [-0.2, 0) is 0 Å². The summed E-state index contributed by atoms with van der Waals surface area (Å²) < 4.78 is 13.3. The minimum absolute atomic E-state index is 0.154. The molecular weight excluding hydrogens is 310 g/mol. The third kappa shape index (κ3) is 3.03. The molecule has 0 aliphatic carbocycles. The molecule has 0 aliphatic rings. The summed E-state index contributed by atoms with van der Waals surface area (Å²) in [6.07, 6.45) is -1.03. The summed E-state index contributed by atoms with van der Waals surface area (Å²) in [5.74, 6) is -0.414. The van der Waals surface area contributed by atoms with Gasteiger partial charge in [0.1, 0.15) is 11.9 Å². The van der Waals surface area contributed by atoms with Gasteiger partial charge in [-0.15, -0.1) is 0 Å². The number of halogens is 4. The fraction of sp³-hybridized carbons (Fsp3) is 0.143. The van der Waals surface area contributed by atoms with E-state index in [1.807, 2.05) is 0 Å². The summed E-state index contributed by atoms with van der Waals surface area (Å²) in [5.41, 5.74) is 1.28. The van der Waals surface area contributed by atoms with E-state index in [-0.39, 0.29) is 5.02 Å². The molecule has 0 heterocycles. The van der Waals surface area contributed by atoms with Crippen molar-refractivity contribution in [3.05, 3.63) is 67.9 Å². The molecule has 0 aromatic heterocycles. The van der Waals surface area contributed by atoms with Gasteiger partial charge in [0.05, 0.1) is 0 Å². The first-order valence-electron chi connectivity index (χ1n) is 5.48. The fourth-order valence-corrected chi connectivity index (χ4v) is 2.55. The number of rotatable bonds is 2. The van der Waals surface area contributed by atoms with Crippen molar-refractivity contribution in [2.45, 2.75) is 13.0 Å². The van der Waals surface area contributed by atoms with Gasteiger partial charge in [0, 0.05) is 26.2 Å². The van der Waals surface area contributed by atoms with E-state index in [1.54, 1.807) is 19.1 Å². The normalized spacial score (nSPS) is 12.5. The zero-order chi connectivity index (χ0) is 14.2. The van der Waals surface area contributed by atoms with E-state index >= 15 is 0 Å². The van der Waals surface area contributed by atoms with E-state index in [0.717, 1.165) is 0 Å². The van der Waals surface area contributed by atoms with Crippen LogP contribution in [0.1, 0.15) is 22.8 Å². The van der Waals surface area contributed by atoms with E-state index in [1.165, 1.54) is 18.2 Å². The predicted molar refractivity (Wildman–Crippen MR) is 76.7 cm³/mol. The third-order valence-electron chi connectivity index (χ3n) is 2.83. The zero-order valence-corrected chi connectivity index (χ0v) is 12.2. The van der Waals surface area contributed by atoms with Crippen LogP contribution in [0.15, 0.2) is 30.3 Å². The fourth-order valence-electron chi connectivity index (χ4n) is 1.78. The van der Waals surface area contributed by atoms with Gasteiger partial charge in [-0.3, -0.25) is 0 Å². The molecule has 2 aromatic carbocycles. The van der Waals surface area contributed by atoms with Crippen molar-refractivity contribution in [3.63, 3.8) is 0 Å². The van der Waals surface area contributed by atoms with Crippen LogP contribution in [0, 0.1) is 12.7 Å². The van der Waals surface area contributed by atoms with E-state index in [2.05, 4.69) is 0 Å². The van der Waals surface area contributed by atoms with Crippen LogP contribution in [0.2, 0.25) is 15.1 Å². The first kappa shape index (κ1) is 14.6. The van der Waals surface area contributed by atoms with Gasteiger partial charge in [-0.05, 0) is 36.8 Å². The van der Waals surface area contributed by atoms with Gasteiger partial charge in [0.2, 0.25) is 0 Å². The molecule has 2 aromatic rings. The molecule has 1 nitrogen and oxygen atoms in total. The molecule has 0 aliphatic heterocycles. The Morgan fingerprint density at radius 3 is 2.26 bits per heavy atom. The Labute approximate surface area is 125 Å². The van der Waals surface area contributed by atoms with Gasteiger partial charge in [-0.25, -0.2) is 4.39 Å². The minimum Gasteiger partial charge on any atom is -0.384 e. The van der Waals surface area contributed by atoms with Crippen LogP contribution in [0.25, 0.3) is 0 Å². The van der Waals surface area contributed by atoms with Crippen LogP contribution in [-0.4, -0.2) is 5.11 Å². The van der Waals surface area contributed by atoms with Crippen LogP contribution >= 0.6 is 34.8 Å². The van der Waals surface area contributed by atoms with Crippen LogP contribution in [0.4, 0.5) is 4.39 Å². The SMILES string of the molecule is Cc1cc(C(O)c2ccc(Cl)cc2Cl)c(Cl)cc1F. The maximum Gasteiger partial charge on any atom is 0.127 e. The summed E-state index contributed by atoms with van der Waals surface area (Å²) >= 11 is 17.8. The van der Waals surface area contributed by atoms with E-state index in [0.29, 0.717) is 26.7 Å². The highest BCUT2D eigenvalue weighted by Crippen LogP contribution is 2.34. The molecule has 5 heteroatoms. The Hall–Kier alpha value is -0.800. The van der Waals surface area contributed by atoms with Gasteiger partial charge in [-0.1, -0.05) is 40.9 Å². The van der Waals surface area contributed by atoms with Crippen molar-refractivity contribution in [1.82, 2.24) is 0 Å². The summed E-state index contributed by atoms with van der Waals surface area (Å²) in [4.78, 5) is 0. The molecule has 0 saturated carbocycles. The molecular formula is C14H10Cl3FO. The highest BCUT2D eigenvalue weighted by atomic mass is 35.5. The first-order chi connectivity index (χ1) is 8.90. The summed E-state index contributed by atoms with van der Waals surface area (Å²) in [6, 6.07) is 7.46. The average molecular weight is 320 g/mol. The van der Waals surface area contributed by atoms with E-state index < -0.39 is 11.9 Å². The topological polar surface area (TPSA) is 20.2 Å². The lowest BCUT2D eigenvalue weighted by molar-refractivity contribution is 0.220. The molecule has 0 radical (unpaired) electrons. The number of aliphatic hydroxyl groups excluding tert-OH is 1. The molecule has 19 heavy (non-hydrogen) atoms. The maximum atomic E-state index is 13.3. The summed E-state index contributed by atoms with van der Waals surface area (Å²) in [7, 11) is 0. The van der Waals surface area contributed by atoms with E-state index in [9.17, 15) is 9.50 Å². The minimum atomic E-state index is -1.03. The molecule has 0 fully saturated rings. The second-order valence-corrected chi connectivity index (χ2v) is 5.44. The van der Waals surface area contributed by atoms with Crippen molar-refractivity contribution >= 4 is 34.8 Å². The largest absolute Gasteiger partial charge is 0.384 e. The first-order valence-corrected chi connectivity index (χ1v) is 6.62. The molecule has 0 saturated heterocycles. The molecule has 1 unspecified atom stereocenters. The van der Waals surface area contributed by atoms with Crippen LogP contribution < -0.4 is 0 Å². The van der Waals surface area contributed by atoms with Crippen LogP contribution in [0.5, 0.6) is 0 Å². The van der Waals surface area contributed by atoms with Crippen molar-refractivity contribution in [3.8, 4) is 0 Å². The molecule has 0 amide bonds. The van der Waals surface area contributed by atoms with Crippen molar-refractivity contribution in [2.75, 3.05) is 0 Å². The highest BCUT2D eigenvalue weighted by Gasteiger charge is 2.18. The number of hydrogen-bond donors (Lipinski definition) is 1. The molecule has 2 rings (SSSR count). The molecule has 100 valence electrons. The standard InChI is InChI=1S/C14H10Cl3FO/c1-7-4-10(12(17)6-13(7)18)14(19)9-3-2-8(15)5-11(9)16/h2-6,14,19H,1H3. The predicted octanol–water partition coefficient (Wildman–Crippen LogP) is 5.18. The van der Waals surface area contributed by atoms with Gasteiger partial charge in [0.15, 0.2) is 0 Å². The zero-order valence-electron chi connectivity index (χ0n) is 9.92. The van der Waals surface area contributed by atoms with Crippen molar-refractivity contribution in [2.24, 2.45) is 0 Å². The Bertz CT molecular complexity index is 628. The molecule has 1 N–H and O–H groups in total. The van der Waals surface area contributed by atoms with E-state index in [4.69, 9.17) is 34.8 Å². The summed E-state index contributed by atoms with van der Waals surface area (Å²) in [6.45, 7) is 1.60. The van der Waals surface area contributed by atoms with Crippen LogP contribution in [0.3, 0.4) is 0 Å². The van der Waals surface area contributed by atoms with Gasteiger partial charge >= 0.3 is 0 Å². The smallest absolute Gasteiger partial charge is 0.127 e. The Morgan fingerprint density at radius 1 is 1.00 bits per heavy atom. The number of aliphatic hydroxyl groups is 1. The quantitative estimate of drug-likeness (QED) is 0.809. The van der Waals surface area contributed by atoms with Gasteiger partial charge in [0.25, 0.3) is 0 Å². The Balaban J connectivity index is 2.49. The molecule has 1 atom stereocenters. The number of hydrogen-bond acceptors (Lipinski definition) is 1. The molecule has 0 spiro atoms. The Morgan fingerprint density at radius 2 is 1.63 bits per heavy atom. The van der Waals surface area contributed by atoms with Crippen molar-refractivity contribution < 1.29 is 9.50 Å². The van der Waals surface area contributed by atoms with Crippen molar-refractivity contribution in [1.29, 1.82) is 0 Å².